The van der Waals surface area contributed by atoms with E-state index >= 15 is 0 Å². The average molecular weight is 574 g/mol. The van der Waals surface area contributed by atoms with Crippen LogP contribution < -0.4 is 10.1 Å². The Morgan fingerprint density at radius 2 is 1.53 bits per heavy atom. The number of rotatable bonds is 9. The van der Waals surface area contributed by atoms with Crippen molar-refractivity contribution in [1.29, 1.82) is 0 Å². The molecule has 2 amide bonds. The first-order valence-electron chi connectivity index (χ1n) is 12.7. The highest BCUT2D eigenvalue weighted by molar-refractivity contribution is 9.10. The van der Waals surface area contributed by atoms with Gasteiger partial charge < -0.3 is 15.0 Å². The number of carbonyl (C=O) groups excluding carboxylic acids is 2. The van der Waals surface area contributed by atoms with Crippen LogP contribution in [0.4, 0.5) is 0 Å². The lowest BCUT2D eigenvalue weighted by molar-refractivity contribution is -0.143. The molecular formula is C32H33BrN2O3. The first-order valence-corrected chi connectivity index (χ1v) is 13.5. The first-order chi connectivity index (χ1) is 18.2. The Morgan fingerprint density at radius 3 is 2.26 bits per heavy atom. The molecule has 1 atom stereocenters. The summed E-state index contributed by atoms with van der Waals surface area (Å²) in [5, 5.41) is 5.06. The molecule has 1 N–H and O–H groups in total. The summed E-state index contributed by atoms with van der Waals surface area (Å²) in [6, 6.07) is 30.5. The van der Waals surface area contributed by atoms with Crippen molar-refractivity contribution in [3.8, 4) is 5.75 Å². The number of carbonyl (C=O) groups is 2. The molecular weight excluding hydrogens is 540 g/mol. The van der Waals surface area contributed by atoms with Crippen LogP contribution in [0.15, 0.2) is 102 Å². The van der Waals surface area contributed by atoms with Gasteiger partial charge in [0.25, 0.3) is 5.91 Å². The van der Waals surface area contributed by atoms with Crippen LogP contribution in [0, 0.1) is 0 Å². The van der Waals surface area contributed by atoms with E-state index in [1.807, 2.05) is 118 Å². The number of nitrogens with zero attached hydrogens (tertiary/aromatic N) is 1. The van der Waals surface area contributed by atoms with E-state index in [0.29, 0.717) is 12.2 Å². The Balaban J connectivity index is 1.66. The second-order valence-electron chi connectivity index (χ2n) is 10.4. The molecule has 0 saturated heterocycles. The minimum absolute atomic E-state index is 0.184. The van der Waals surface area contributed by atoms with E-state index < -0.39 is 11.6 Å². The average Bonchev–Trinajstić information content (AvgIpc) is 2.89. The molecule has 0 spiro atoms. The van der Waals surface area contributed by atoms with Gasteiger partial charge in [-0.2, -0.15) is 0 Å². The zero-order valence-electron chi connectivity index (χ0n) is 22.0. The van der Waals surface area contributed by atoms with Crippen molar-refractivity contribution in [2.45, 2.75) is 45.3 Å². The van der Waals surface area contributed by atoms with Crippen LogP contribution in [-0.2, 0) is 22.6 Å². The van der Waals surface area contributed by atoms with Gasteiger partial charge in [0.2, 0.25) is 5.91 Å². The molecule has 0 saturated carbocycles. The zero-order chi connectivity index (χ0) is 27.1. The molecule has 0 heterocycles. The van der Waals surface area contributed by atoms with E-state index in [2.05, 4.69) is 21.2 Å². The molecule has 0 aliphatic heterocycles. The number of amides is 2. The number of nitrogens with one attached hydrogen (secondary N) is 1. The Morgan fingerprint density at radius 1 is 0.868 bits per heavy atom. The molecule has 0 bridgehead atoms. The molecule has 0 aliphatic rings. The first kappa shape index (κ1) is 27.4. The van der Waals surface area contributed by atoms with Gasteiger partial charge in [0.1, 0.15) is 11.8 Å². The second-order valence-corrected chi connectivity index (χ2v) is 11.3. The van der Waals surface area contributed by atoms with Crippen molar-refractivity contribution >= 4 is 38.5 Å². The highest BCUT2D eigenvalue weighted by Gasteiger charge is 2.32. The van der Waals surface area contributed by atoms with Crippen molar-refractivity contribution in [1.82, 2.24) is 10.2 Å². The van der Waals surface area contributed by atoms with Crippen LogP contribution in [0.25, 0.3) is 10.8 Å². The normalized spacial score (nSPS) is 12.1. The van der Waals surface area contributed by atoms with Crippen molar-refractivity contribution in [2.75, 3.05) is 6.61 Å². The predicted molar refractivity (Wildman–Crippen MR) is 156 cm³/mol. The van der Waals surface area contributed by atoms with Crippen LogP contribution in [-0.4, -0.2) is 34.9 Å². The molecule has 4 aromatic rings. The summed E-state index contributed by atoms with van der Waals surface area (Å²) in [5.41, 5.74) is 1.44. The van der Waals surface area contributed by atoms with E-state index in [1.54, 1.807) is 4.90 Å². The molecule has 0 fully saturated rings. The third-order valence-corrected chi connectivity index (χ3v) is 6.61. The molecule has 196 valence electrons. The van der Waals surface area contributed by atoms with E-state index in [0.717, 1.165) is 26.4 Å². The van der Waals surface area contributed by atoms with Gasteiger partial charge in [-0.15, -0.1) is 0 Å². The summed E-state index contributed by atoms with van der Waals surface area (Å²) in [7, 11) is 0. The number of halogens is 1. The number of benzene rings is 4. The van der Waals surface area contributed by atoms with E-state index in [4.69, 9.17) is 4.74 Å². The fraction of sp³-hybridized carbons (Fsp3) is 0.250. The molecule has 6 heteroatoms. The van der Waals surface area contributed by atoms with E-state index in [1.165, 1.54) is 0 Å². The minimum Gasteiger partial charge on any atom is -0.483 e. The summed E-state index contributed by atoms with van der Waals surface area (Å²) >= 11 is 3.53. The SMILES string of the molecule is CC(C)(C)NC(=O)[C@H](Cc1ccccc1)N(Cc1cccc(Br)c1)C(=O)COc1cccc2ccccc12. The van der Waals surface area contributed by atoms with E-state index in [-0.39, 0.29) is 25.0 Å². The molecule has 4 aromatic carbocycles. The van der Waals surface area contributed by atoms with Gasteiger partial charge in [-0.05, 0) is 55.5 Å². The van der Waals surface area contributed by atoms with Gasteiger partial charge in [-0.25, -0.2) is 0 Å². The Labute approximate surface area is 232 Å². The maximum Gasteiger partial charge on any atom is 0.261 e. The van der Waals surface area contributed by atoms with Gasteiger partial charge in [-0.3, -0.25) is 9.59 Å². The summed E-state index contributed by atoms with van der Waals surface area (Å²) in [6.07, 6.45) is 0.386. The lowest BCUT2D eigenvalue weighted by Gasteiger charge is -2.33. The molecule has 0 radical (unpaired) electrons. The monoisotopic (exact) mass is 572 g/mol. The van der Waals surface area contributed by atoms with Gasteiger partial charge >= 0.3 is 0 Å². The second kappa shape index (κ2) is 12.3. The summed E-state index contributed by atoms with van der Waals surface area (Å²) in [4.78, 5) is 29.2. The van der Waals surface area contributed by atoms with Crippen LogP contribution >= 0.6 is 15.9 Å². The molecule has 0 unspecified atom stereocenters. The molecule has 38 heavy (non-hydrogen) atoms. The maximum absolute atomic E-state index is 13.9. The fourth-order valence-electron chi connectivity index (χ4n) is 4.38. The number of hydrogen-bond acceptors (Lipinski definition) is 3. The highest BCUT2D eigenvalue weighted by atomic mass is 79.9. The third-order valence-electron chi connectivity index (χ3n) is 6.11. The quantitative estimate of drug-likeness (QED) is 0.248. The van der Waals surface area contributed by atoms with Crippen molar-refractivity contribution in [2.24, 2.45) is 0 Å². The standard InChI is InChI=1S/C32H33BrN2O3/c1-32(2,3)34-31(37)28(20-23-11-5-4-6-12-23)35(21-24-13-9-16-26(33)19-24)30(36)22-38-29-18-10-15-25-14-7-8-17-27(25)29/h4-19,28H,20-22H2,1-3H3,(H,34,37)/t28-/m0/s1. The minimum atomic E-state index is -0.723. The highest BCUT2D eigenvalue weighted by Crippen LogP contribution is 2.26. The number of fused-ring (bicyclic) bond motifs is 1. The number of hydrogen-bond donors (Lipinski definition) is 1. The summed E-state index contributed by atoms with van der Waals surface area (Å²) < 4.78 is 6.98. The number of ether oxygens (including phenoxy) is 1. The maximum atomic E-state index is 13.9. The smallest absolute Gasteiger partial charge is 0.261 e. The van der Waals surface area contributed by atoms with Gasteiger partial charge in [0.15, 0.2) is 6.61 Å². The Bertz CT molecular complexity index is 1390. The lowest BCUT2D eigenvalue weighted by atomic mass is 10.0. The van der Waals surface area contributed by atoms with E-state index in [9.17, 15) is 9.59 Å². The largest absolute Gasteiger partial charge is 0.483 e. The van der Waals surface area contributed by atoms with Gasteiger partial charge in [-0.1, -0.05) is 94.8 Å². The van der Waals surface area contributed by atoms with Gasteiger partial charge in [0.05, 0.1) is 0 Å². The Kier molecular flexibility index (Phi) is 8.85. The fourth-order valence-corrected chi connectivity index (χ4v) is 4.83. The summed E-state index contributed by atoms with van der Waals surface area (Å²) in [5.74, 6) is 0.176. The van der Waals surface area contributed by atoms with Gasteiger partial charge in [0, 0.05) is 28.4 Å². The predicted octanol–water partition coefficient (Wildman–Crippen LogP) is 6.54. The van der Waals surface area contributed by atoms with Crippen LogP contribution in [0.1, 0.15) is 31.9 Å². The van der Waals surface area contributed by atoms with Crippen LogP contribution in [0.3, 0.4) is 0 Å². The van der Waals surface area contributed by atoms with Crippen LogP contribution in [0.5, 0.6) is 5.75 Å². The zero-order valence-corrected chi connectivity index (χ0v) is 23.6. The van der Waals surface area contributed by atoms with Crippen molar-refractivity contribution in [3.63, 3.8) is 0 Å². The Hall–Kier alpha value is -3.64. The topological polar surface area (TPSA) is 58.6 Å². The van der Waals surface area contributed by atoms with Crippen molar-refractivity contribution in [3.05, 3.63) is 113 Å². The molecule has 4 rings (SSSR count). The summed E-state index contributed by atoms with van der Waals surface area (Å²) in [6.45, 7) is 5.90. The molecule has 0 aliphatic carbocycles. The van der Waals surface area contributed by atoms with Crippen molar-refractivity contribution < 1.29 is 14.3 Å². The molecule has 0 aromatic heterocycles. The lowest BCUT2D eigenvalue weighted by Crippen LogP contribution is -2.55. The molecule has 5 nitrogen and oxygen atoms in total. The third kappa shape index (κ3) is 7.45. The van der Waals surface area contributed by atoms with Crippen LogP contribution in [0.2, 0.25) is 0 Å².